The largest absolute Gasteiger partial charge is 0.491 e. The predicted molar refractivity (Wildman–Crippen MR) is 111 cm³/mol. The number of amides is 1. The molecule has 2 aromatic rings. The van der Waals surface area contributed by atoms with Crippen LogP contribution < -0.4 is 14.8 Å². The zero-order chi connectivity index (χ0) is 20.1. The highest BCUT2D eigenvalue weighted by Gasteiger charge is 2.23. The number of carbonyl (C=O) groups is 1. The summed E-state index contributed by atoms with van der Waals surface area (Å²) in [6.07, 6.45) is 2.83. The van der Waals surface area contributed by atoms with Crippen molar-refractivity contribution in [3.05, 3.63) is 54.1 Å². The highest BCUT2D eigenvalue weighted by atomic mass is 16.5. The molecule has 0 spiro atoms. The Morgan fingerprint density at radius 3 is 2.66 bits per heavy atom. The summed E-state index contributed by atoms with van der Waals surface area (Å²) >= 11 is 0. The van der Waals surface area contributed by atoms with Gasteiger partial charge in [0.2, 0.25) is 5.91 Å². The van der Waals surface area contributed by atoms with Crippen LogP contribution in [-0.4, -0.2) is 54.4 Å². The van der Waals surface area contributed by atoms with Crippen LogP contribution in [-0.2, 0) is 11.2 Å². The molecular weight excluding hydrogens is 368 g/mol. The summed E-state index contributed by atoms with van der Waals surface area (Å²) in [5.74, 6) is 1.73. The summed E-state index contributed by atoms with van der Waals surface area (Å²) in [7, 11) is 0. The van der Waals surface area contributed by atoms with Crippen molar-refractivity contribution < 1.29 is 19.4 Å². The van der Waals surface area contributed by atoms with E-state index < -0.39 is 6.10 Å². The molecule has 1 fully saturated rings. The van der Waals surface area contributed by atoms with Crippen LogP contribution in [0.25, 0.3) is 0 Å². The van der Waals surface area contributed by atoms with Gasteiger partial charge in [-0.3, -0.25) is 4.79 Å². The van der Waals surface area contributed by atoms with Gasteiger partial charge in [-0.1, -0.05) is 18.2 Å². The standard InChI is InChI=1S/C23H28N2O4/c26-18(16-28-19-4-2-1-3-5-19)15-25-12-10-20(11-13-25)29-21-7-8-22-17(14-21)6-9-23(27)24-22/h1-5,7-8,14,18,20,26H,6,9-13,15-16H2,(H,24,27)/t18-/m0/s1. The second kappa shape index (κ2) is 9.29. The number of benzene rings is 2. The summed E-state index contributed by atoms with van der Waals surface area (Å²) in [6, 6.07) is 15.5. The normalized spacial score (nSPS) is 18.6. The Labute approximate surface area is 171 Å². The molecule has 2 aromatic carbocycles. The zero-order valence-corrected chi connectivity index (χ0v) is 16.5. The van der Waals surface area contributed by atoms with Gasteiger partial charge >= 0.3 is 0 Å². The van der Waals surface area contributed by atoms with Crippen molar-refractivity contribution >= 4 is 11.6 Å². The van der Waals surface area contributed by atoms with E-state index in [9.17, 15) is 9.90 Å². The smallest absolute Gasteiger partial charge is 0.224 e. The summed E-state index contributed by atoms with van der Waals surface area (Å²) in [4.78, 5) is 13.7. The van der Waals surface area contributed by atoms with E-state index in [1.54, 1.807) is 0 Å². The van der Waals surface area contributed by atoms with E-state index in [1.807, 2.05) is 48.5 Å². The van der Waals surface area contributed by atoms with E-state index in [4.69, 9.17) is 9.47 Å². The van der Waals surface area contributed by atoms with Crippen LogP contribution in [0.4, 0.5) is 5.69 Å². The minimum Gasteiger partial charge on any atom is -0.491 e. The summed E-state index contributed by atoms with van der Waals surface area (Å²) in [6.45, 7) is 2.70. The van der Waals surface area contributed by atoms with Gasteiger partial charge in [-0.15, -0.1) is 0 Å². The van der Waals surface area contributed by atoms with Crippen molar-refractivity contribution in [3.63, 3.8) is 0 Å². The van der Waals surface area contributed by atoms with Crippen molar-refractivity contribution in [2.45, 2.75) is 37.9 Å². The SMILES string of the molecule is O=C1CCc2cc(OC3CCN(C[C@H](O)COc4ccccc4)CC3)ccc2N1. The maximum absolute atomic E-state index is 11.5. The number of ether oxygens (including phenoxy) is 2. The van der Waals surface area contributed by atoms with Crippen molar-refractivity contribution in [3.8, 4) is 11.5 Å². The van der Waals surface area contributed by atoms with Crippen LogP contribution in [0.5, 0.6) is 11.5 Å². The third-order valence-electron chi connectivity index (χ3n) is 5.46. The maximum Gasteiger partial charge on any atom is 0.224 e. The monoisotopic (exact) mass is 396 g/mol. The molecule has 2 aliphatic rings. The molecule has 2 aliphatic heterocycles. The molecule has 0 aromatic heterocycles. The number of rotatable bonds is 7. The van der Waals surface area contributed by atoms with Crippen LogP contribution in [0, 0.1) is 0 Å². The Morgan fingerprint density at radius 2 is 1.86 bits per heavy atom. The summed E-state index contributed by atoms with van der Waals surface area (Å²) < 4.78 is 11.8. The Hall–Kier alpha value is -2.57. The molecule has 1 saturated heterocycles. The molecule has 6 heteroatoms. The van der Waals surface area contributed by atoms with Gasteiger partial charge in [-0.2, -0.15) is 0 Å². The van der Waals surface area contributed by atoms with Crippen LogP contribution in [0.1, 0.15) is 24.8 Å². The molecular formula is C23H28N2O4. The van der Waals surface area contributed by atoms with Crippen molar-refractivity contribution in [1.29, 1.82) is 0 Å². The molecule has 0 aliphatic carbocycles. The number of nitrogens with zero attached hydrogens (tertiary/aromatic N) is 1. The molecule has 0 unspecified atom stereocenters. The number of hydrogen-bond donors (Lipinski definition) is 2. The van der Waals surface area contributed by atoms with Gasteiger partial charge in [0.1, 0.15) is 30.3 Å². The summed E-state index contributed by atoms with van der Waals surface area (Å²) in [5.41, 5.74) is 2.04. The number of piperidine rings is 1. The van der Waals surface area contributed by atoms with E-state index >= 15 is 0 Å². The van der Waals surface area contributed by atoms with E-state index in [-0.39, 0.29) is 12.0 Å². The minimum atomic E-state index is -0.511. The molecule has 1 atom stereocenters. The molecule has 4 rings (SSSR count). The number of aryl methyl sites for hydroxylation is 1. The Bertz CT molecular complexity index is 819. The van der Waals surface area contributed by atoms with E-state index in [1.165, 1.54) is 0 Å². The number of carbonyl (C=O) groups excluding carboxylic acids is 1. The first-order valence-corrected chi connectivity index (χ1v) is 10.3. The van der Waals surface area contributed by atoms with Crippen LogP contribution >= 0.6 is 0 Å². The van der Waals surface area contributed by atoms with Gasteiger partial charge < -0.3 is 24.8 Å². The second-order valence-electron chi connectivity index (χ2n) is 7.76. The first-order valence-electron chi connectivity index (χ1n) is 10.3. The second-order valence-corrected chi connectivity index (χ2v) is 7.76. The number of β-amino-alcohol motifs (C(OH)–C–C–N with tert-alkyl or cyclic N) is 1. The molecule has 0 saturated carbocycles. The van der Waals surface area contributed by atoms with Gasteiger partial charge in [0.25, 0.3) is 0 Å². The van der Waals surface area contributed by atoms with E-state index in [0.29, 0.717) is 19.6 Å². The van der Waals surface area contributed by atoms with Crippen molar-refractivity contribution in [2.24, 2.45) is 0 Å². The molecule has 29 heavy (non-hydrogen) atoms. The van der Waals surface area contributed by atoms with E-state index in [0.717, 1.165) is 55.1 Å². The molecule has 0 radical (unpaired) electrons. The fraction of sp³-hybridized carbons (Fsp3) is 0.435. The average Bonchev–Trinajstić information content (AvgIpc) is 2.74. The number of anilines is 1. The summed E-state index contributed by atoms with van der Waals surface area (Å²) in [5, 5.41) is 13.2. The quantitative estimate of drug-likeness (QED) is 0.753. The lowest BCUT2D eigenvalue weighted by Gasteiger charge is -2.33. The van der Waals surface area contributed by atoms with Crippen LogP contribution in [0.3, 0.4) is 0 Å². The van der Waals surface area contributed by atoms with Gasteiger partial charge in [0.05, 0.1) is 0 Å². The Balaban J connectivity index is 1.20. The fourth-order valence-electron chi connectivity index (χ4n) is 3.90. The van der Waals surface area contributed by atoms with Gasteiger partial charge in [-0.05, 0) is 55.2 Å². The third-order valence-corrected chi connectivity index (χ3v) is 5.46. The number of hydrogen-bond acceptors (Lipinski definition) is 5. The van der Waals surface area contributed by atoms with Gasteiger partial charge in [-0.25, -0.2) is 0 Å². The van der Waals surface area contributed by atoms with Gasteiger partial charge in [0.15, 0.2) is 0 Å². The van der Waals surface area contributed by atoms with Crippen LogP contribution in [0.15, 0.2) is 48.5 Å². The zero-order valence-electron chi connectivity index (χ0n) is 16.5. The maximum atomic E-state index is 11.5. The van der Waals surface area contributed by atoms with Crippen molar-refractivity contribution in [2.75, 3.05) is 31.6 Å². The average molecular weight is 396 g/mol. The Kier molecular flexibility index (Phi) is 6.32. The highest BCUT2D eigenvalue weighted by Crippen LogP contribution is 2.28. The first kappa shape index (κ1) is 19.7. The number of para-hydroxylation sites is 1. The fourth-order valence-corrected chi connectivity index (χ4v) is 3.90. The molecule has 6 nitrogen and oxygen atoms in total. The lowest BCUT2D eigenvalue weighted by Crippen LogP contribution is -2.43. The highest BCUT2D eigenvalue weighted by molar-refractivity contribution is 5.93. The lowest BCUT2D eigenvalue weighted by molar-refractivity contribution is -0.116. The number of aliphatic hydroxyl groups excluding tert-OH is 1. The molecule has 2 N–H and O–H groups in total. The van der Waals surface area contributed by atoms with Gasteiger partial charge in [0, 0.05) is 31.7 Å². The third kappa shape index (κ3) is 5.49. The molecule has 1 amide bonds. The molecule has 2 heterocycles. The van der Waals surface area contributed by atoms with E-state index in [2.05, 4.69) is 10.2 Å². The number of fused-ring (bicyclic) bond motifs is 1. The van der Waals surface area contributed by atoms with Crippen molar-refractivity contribution in [1.82, 2.24) is 4.90 Å². The molecule has 0 bridgehead atoms. The Morgan fingerprint density at radius 1 is 1.07 bits per heavy atom. The number of nitrogens with one attached hydrogen (secondary N) is 1. The van der Waals surface area contributed by atoms with Crippen LogP contribution in [0.2, 0.25) is 0 Å². The predicted octanol–water partition coefficient (Wildman–Crippen LogP) is 2.85. The molecule has 154 valence electrons. The minimum absolute atomic E-state index is 0.0786. The first-order chi connectivity index (χ1) is 14.2. The topological polar surface area (TPSA) is 71.0 Å². The number of aliphatic hydroxyl groups is 1. The lowest BCUT2D eigenvalue weighted by atomic mass is 10.0. The number of likely N-dealkylation sites (tertiary alicyclic amines) is 1.